The van der Waals surface area contributed by atoms with Crippen LogP contribution in [0.4, 0.5) is 0 Å². The van der Waals surface area contributed by atoms with Gasteiger partial charge < -0.3 is 15.7 Å². The summed E-state index contributed by atoms with van der Waals surface area (Å²) in [5.74, 6) is 0.0929. The minimum atomic E-state index is -0.260. The van der Waals surface area contributed by atoms with Crippen molar-refractivity contribution in [3.05, 3.63) is 0 Å². The third-order valence-electron chi connectivity index (χ3n) is 3.18. The minimum Gasteiger partial charge on any atom is -0.392 e. The summed E-state index contributed by atoms with van der Waals surface area (Å²) in [6.07, 6.45) is 4.59. The molecule has 1 aliphatic carbocycles. The van der Waals surface area contributed by atoms with E-state index >= 15 is 0 Å². The van der Waals surface area contributed by atoms with E-state index in [0.717, 1.165) is 38.6 Å². The maximum Gasteiger partial charge on any atom is 0.237 e. The highest BCUT2D eigenvalue weighted by Crippen LogP contribution is 2.20. The average Bonchev–Trinajstić information content (AvgIpc) is 2.56. The van der Waals surface area contributed by atoms with E-state index in [2.05, 4.69) is 10.6 Å². The van der Waals surface area contributed by atoms with Crippen LogP contribution in [0, 0.1) is 0 Å². The van der Waals surface area contributed by atoms with Crippen molar-refractivity contribution >= 4 is 5.91 Å². The molecule has 80 valence electrons. The van der Waals surface area contributed by atoms with Crippen LogP contribution < -0.4 is 10.6 Å². The van der Waals surface area contributed by atoms with Crippen molar-refractivity contribution in [3.8, 4) is 0 Å². The Morgan fingerprint density at radius 2 is 2.14 bits per heavy atom. The number of aliphatic hydroxyl groups excluding tert-OH is 1. The van der Waals surface area contributed by atoms with Crippen LogP contribution in [0.25, 0.3) is 0 Å². The van der Waals surface area contributed by atoms with Gasteiger partial charge in [0.1, 0.15) is 0 Å². The number of aliphatic hydroxyl groups is 1. The van der Waals surface area contributed by atoms with Gasteiger partial charge >= 0.3 is 0 Å². The zero-order chi connectivity index (χ0) is 9.97. The maximum atomic E-state index is 11.4. The third kappa shape index (κ3) is 2.07. The monoisotopic (exact) mass is 198 g/mol. The Labute approximate surface area is 84.1 Å². The van der Waals surface area contributed by atoms with Crippen molar-refractivity contribution in [1.82, 2.24) is 10.6 Å². The lowest BCUT2D eigenvalue weighted by Gasteiger charge is -2.27. The zero-order valence-corrected chi connectivity index (χ0v) is 8.33. The lowest BCUT2D eigenvalue weighted by Crippen LogP contribution is -2.53. The molecule has 0 bridgehead atoms. The molecule has 0 radical (unpaired) electrons. The molecule has 4 nitrogen and oxygen atoms in total. The Morgan fingerprint density at radius 1 is 1.29 bits per heavy atom. The summed E-state index contributed by atoms with van der Waals surface area (Å²) in [7, 11) is 0. The molecule has 0 aromatic rings. The third-order valence-corrected chi connectivity index (χ3v) is 3.18. The number of amides is 1. The molecule has 2 aliphatic rings. The van der Waals surface area contributed by atoms with Gasteiger partial charge in [0.15, 0.2) is 0 Å². The van der Waals surface area contributed by atoms with Crippen molar-refractivity contribution in [1.29, 1.82) is 0 Å². The first-order valence-electron chi connectivity index (χ1n) is 5.49. The van der Waals surface area contributed by atoms with Gasteiger partial charge in [0.2, 0.25) is 5.91 Å². The molecule has 1 unspecified atom stereocenters. The normalized spacial score (nSPS) is 38.4. The molecule has 2 fully saturated rings. The molecule has 1 amide bonds. The van der Waals surface area contributed by atoms with E-state index in [4.69, 9.17) is 0 Å². The van der Waals surface area contributed by atoms with Crippen LogP contribution in [0.1, 0.15) is 32.1 Å². The number of carbonyl (C=O) groups is 1. The fourth-order valence-corrected chi connectivity index (χ4v) is 2.32. The van der Waals surface area contributed by atoms with Gasteiger partial charge in [-0.05, 0) is 32.1 Å². The van der Waals surface area contributed by atoms with Crippen LogP contribution in [0.2, 0.25) is 0 Å². The lowest BCUT2D eigenvalue weighted by atomic mass is 10.0. The summed E-state index contributed by atoms with van der Waals surface area (Å²) < 4.78 is 0. The quantitative estimate of drug-likeness (QED) is 0.574. The van der Waals surface area contributed by atoms with Gasteiger partial charge in [0.05, 0.1) is 12.1 Å². The van der Waals surface area contributed by atoms with Gasteiger partial charge in [0.25, 0.3) is 0 Å². The molecular formula is C10H18N2O2. The first-order valence-corrected chi connectivity index (χ1v) is 5.49. The van der Waals surface area contributed by atoms with Gasteiger partial charge in [-0.3, -0.25) is 4.79 Å². The zero-order valence-electron chi connectivity index (χ0n) is 8.33. The van der Waals surface area contributed by atoms with Crippen LogP contribution in [0.3, 0.4) is 0 Å². The fraction of sp³-hybridized carbons (Fsp3) is 0.900. The van der Waals surface area contributed by atoms with Gasteiger partial charge in [0, 0.05) is 12.6 Å². The number of rotatable bonds is 2. The molecule has 1 aliphatic heterocycles. The molecule has 3 N–H and O–H groups in total. The second kappa shape index (κ2) is 4.28. The summed E-state index contributed by atoms with van der Waals surface area (Å²) in [4.78, 5) is 11.4. The smallest absolute Gasteiger partial charge is 0.237 e. The van der Waals surface area contributed by atoms with Crippen molar-refractivity contribution in [2.24, 2.45) is 0 Å². The topological polar surface area (TPSA) is 61.4 Å². The Hall–Kier alpha value is -0.610. The number of carbonyl (C=O) groups excluding carboxylic acids is 1. The molecule has 4 heteroatoms. The molecule has 0 aromatic carbocycles. The molecule has 1 saturated heterocycles. The molecule has 1 saturated carbocycles. The predicted molar refractivity (Wildman–Crippen MR) is 52.8 cm³/mol. The van der Waals surface area contributed by atoms with E-state index in [9.17, 15) is 9.90 Å². The van der Waals surface area contributed by atoms with E-state index in [1.807, 2.05) is 0 Å². The summed E-state index contributed by atoms with van der Waals surface area (Å²) in [5.41, 5.74) is 0. The number of nitrogens with one attached hydrogen (secondary N) is 2. The van der Waals surface area contributed by atoms with Gasteiger partial charge in [-0.1, -0.05) is 0 Å². The van der Waals surface area contributed by atoms with Crippen LogP contribution >= 0.6 is 0 Å². The predicted octanol–water partition coefficient (Wildman–Crippen LogP) is -0.232. The first-order chi connectivity index (χ1) is 6.77. The van der Waals surface area contributed by atoms with Crippen LogP contribution in [0.5, 0.6) is 0 Å². The Morgan fingerprint density at radius 3 is 2.79 bits per heavy atom. The second-order valence-corrected chi connectivity index (χ2v) is 4.26. The SMILES string of the molecule is O=C1NCCCC1N[C@@H]1CCC[C@H]1O. The summed E-state index contributed by atoms with van der Waals surface area (Å²) >= 11 is 0. The standard InChI is InChI=1S/C10H18N2O2/c13-9-5-1-3-7(9)12-8-4-2-6-11-10(8)14/h7-9,12-13H,1-6H2,(H,11,14)/t7-,8?,9-/m1/s1. The van der Waals surface area contributed by atoms with Crippen LogP contribution in [-0.4, -0.2) is 35.7 Å². The number of hydrogen-bond donors (Lipinski definition) is 3. The average molecular weight is 198 g/mol. The summed E-state index contributed by atoms with van der Waals surface area (Å²) in [5, 5.41) is 15.7. The van der Waals surface area contributed by atoms with E-state index in [0.29, 0.717) is 0 Å². The van der Waals surface area contributed by atoms with E-state index < -0.39 is 0 Å². The molecule has 2 rings (SSSR count). The van der Waals surface area contributed by atoms with Crippen LogP contribution in [-0.2, 0) is 4.79 Å². The highest BCUT2D eigenvalue weighted by atomic mass is 16.3. The Kier molecular flexibility index (Phi) is 3.03. The van der Waals surface area contributed by atoms with Crippen molar-refractivity contribution in [3.63, 3.8) is 0 Å². The fourth-order valence-electron chi connectivity index (χ4n) is 2.32. The number of piperidine rings is 1. The highest BCUT2D eigenvalue weighted by molar-refractivity contribution is 5.82. The second-order valence-electron chi connectivity index (χ2n) is 4.26. The maximum absolute atomic E-state index is 11.4. The van der Waals surface area contributed by atoms with Crippen LogP contribution in [0.15, 0.2) is 0 Å². The van der Waals surface area contributed by atoms with E-state index in [1.54, 1.807) is 0 Å². The molecule has 14 heavy (non-hydrogen) atoms. The van der Waals surface area contributed by atoms with Gasteiger partial charge in [-0.2, -0.15) is 0 Å². The van der Waals surface area contributed by atoms with E-state index in [-0.39, 0.29) is 24.1 Å². The van der Waals surface area contributed by atoms with E-state index in [1.165, 1.54) is 0 Å². The summed E-state index contributed by atoms with van der Waals surface area (Å²) in [6, 6.07) is 0.0466. The Bertz CT molecular complexity index is 220. The molecule has 1 heterocycles. The van der Waals surface area contributed by atoms with Crippen molar-refractivity contribution in [2.75, 3.05) is 6.54 Å². The van der Waals surface area contributed by atoms with Crippen molar-refractivity contribution < 1.29 is 9.90 Å². The minimum absolute atomic E-state index is 0.0819. The molecule has 0 spiro atoms. The van der Waals surface area contributed by atoms with Gasteiger partial charge in [-0.15, -0.1) is 0 Å². The molecular weight excluding hydrogens is 180 g/mol. The Balaban J connectivity index is 1.86. The van der Waals surface area contributed by atoms with Gasteiger partial charge in [-0.25, -0.2) is 0 Å². The first kappa shape index (κ1) is 9.93. The lowest BCUT2D eigenvalue weighted by molar-refractivity contribution is -0.124. The largest absolute Gasteiger partial charge is 0.392 e. The molecule has 3 atom stereocenters. The highest BCUT2D eigenvalue weighted by Gasteiger charge is 2.30. The van der Waals surface area contributed by atoms with Crippen molar-refractivity contribution in [2.45, 2.75) is 50.3 Å². The summed E-state index contributed by atoms with van der Waals surface area (Å²) in [6.45, 7) is 0.796. The number of hydrogen-bond acceptors (Lipinski definition) is 3. The molecule has 0 aromatic heterocycles.